The summed E-state index contributed by atoms with van der Waals surface area (Å²) in [5, 5.41) is 3.19. The van der Waals surface area contributed by atoms with Crippen LogP contribution in [-0.4, -0.2) is 23.0 Å². The van der Waals surface area contributed by atoms with E-state index in [9.17, 15) is 0 Å². The second-order valence-corrected chi connectivity index (χ2v) is 5.34. The molecule has 1 fully saturated rings. The normalized spacial score (nSPS) is 19.6. The summed E-state index contributed by atoms with van der Waals surface area (Å²) in [6.07, 6.45) is 2.65. The van der Waals surface area contributed by atoms with Crippen molar-refractivity contribution in [3.8, 4) is 0 Å². The minimum atomic E-state index is 0.571. The van der Waals surface area contributed by atoms with Crippen LogP contribution in [0.5, 0.6) is 0 Å². The minimum Gasteiger partial charge on any atom is -0.325 e. The lowest BCUT2D eigenvalue weighted by molar-refractivity contribution is 0.183. The Kier molecular flexibility index (Phi) is 3.72. The molecule has 0 atom stereocenters. The first-order valence-electron chi connectivity index (χ1n) is 5.63. The summed E-state index contributed by atoms with van der Waals surface area (Å²) in [4.78, 5) is 6.99. The van der Waals surface area contributed by atoms with Gasteiger partial charge in [0, 0.05) is 18.5 Å². The molecule has 3 nitrogen and oxygen atoms in total. The van der Waals surface area contributed by atoms with Gasteiger partial charge in [-0.3, -0.25) is 4.90 Å². The summed E-state index contributed by atoms with van der Waals surface area (Å²) in [7, 11) is 0. The standard InChI is InChI=1S/C11H19N3S/c1-9-2-4-14(5-3-9)7-10-8-15-11(6-12)13-10/h8-9H,2-7,12H2,1H3. The van der Waals surface area contributed by atoms with E-state index in [0.717, 1.165) is 17.5 Å². The van der Waals surface area contributed by atoms with Crippen LogP contribution in [0.25, 0.3) is 0 Å². The highest BCUT2D eigenvalue weighted by Crippen LogP contribution is 2.18. The number of piperidine rings is 1. The fourth-order valence-electron chi connectivity index (χ4n) is 1.96. The Balaban J connectivity index is 1.86. The maximum atomic E-state index is 5.55. The Labute approximate surface area is 95.3 Å². The number of likely N-dealkylation sites (tertiary alicyclic amines) is 1. The predicted molar refractivity (Wildman–Crippen MR) is 63.7 cm³/mol. The van der Waals surface area contributed by atoms with E-state index in [-0.39, 0.29) is 0 Å². The molecule has 0 unspecified atom stereocenters. The van der Waals surface area contributed by atoms with Gasteiger partial charge in [0.2, 0.25) is 0 Å². The van der Waals surface area contributed by atoms with Gasteiger partial charge in [0.1, 0.15) is 5.01 Å². The van der Waals surface area contributed by atoms with Crippen LogP contribution in [0.3, 0.4) is 0 Å². The number of nitrogens with two attached hydrogens (primary N) is 1. The first-order chi connectivity index (χ1) is 7.28. The van der Waals surface area contributed by atoms with Crippen molar-refractivity contribution in [2.24, 2.45) is 11.7 Å². The summed E-state index contributed by atoms with van der Waals surface area (Å²) < 4.78 is 0. The molecule has 84 valence electrons. The quantitative estimate of drug-likeness (QED) is 0.853. The number of hydrogen-bond donors (Lipinski definition) is 1. The molecule has 1 aromatic heterocycles. The maximum absolute atomic E-state index is 5.55. The molecule has 0 saturated carbocycles. The van der Waals surface area contributed by atoms with Gasteiger partial charge in [0.15, 0.2) is 0 Å². The number of hydrogen-bond acceptors (Lipinski definition) is 4. The zero-order chi connectivity index (χ0) is 10.7. The lowest BCUT2D eigenvalue weighted by Crippen LogP contribution is -2.32. The van der Waals surface area contributed by atoms with Crippen LogP contribution in [-0.2, 0) is 13.1 Å². The van der Waals surface area contributed by atoms with Gasteiger partial charge in [0.05, 0.1) is 5.69 Å². The van der Waals surface area contributed by atoms with Crippen molar-refractivity contribution in [1.29, 1.82) is 0 Å². The lowest BCUT2D eigenvalue weighted by atomic mass is 9.99. The maximum Gasteiger partial charge on any atom is 0.106 e. The highest BCUT2D eigenvalue weighted by molar-refractivity contribution is 7.09. The van der Waals surface area contributed by atoms with Crippen molar-refractivity contribution in [3.63, 3.8) is 0 Å². The van der Waals surface area contributed by atoms with Crippen LogP contribution in [0.2, 0.25) is 0 Å². The summed E-state index contributed by atoms with van der Waals surface area (Å²) in [6, 6.07) is 0. The summed E-state index contributed by atoms with van der Waals surface area (Å²) in [6.45, 7) is 6.35. The Morgan fingerprint density at radius 2 is 2.27 bits per heavy atom. The summed E-state index contributed by atoms with van der Waals surface area (Å²) >= 11 is 1.68. The molecule has 2 N–H and O–H groups in total. The van der Waals surface area contributed by atoms with Gasteiger partial charge in [-0.05, 0) is 31.8 Å². The zero-order valence-electron chi connectivity index (χ0n) is 9.28. The Bertz CT molecular complexity index is 303. The molecule has 0 aromatic carbocycles. The van der Waals surface area contributed by atoms with Gasteiger partial charge in [0.25, 0.3) is 0 Å². The van der Waals surface area contributed by atoms with Crippen molar-refractivity contribution < 1.29 is 0 Å². The van der Waals surface area contributed by atoms with E-state index in [4.69, 9.17) is 5.73 Å². The molecular formula is C11H19N3S. The molecular weight excluding hydrogens is 206 g/mol. The molecule has 4 heteroatoms. The first-order valence-corrected chi connectivity index (χ1v) is 6.51. The van der Waals surface area contributed by atoms with E-state index in [1.54, 1.807) is 11.3 Å². The average molecular weight is 225 g/mol. The molecule has 0 radical (unpaired) electrons. The van der Waals surface area contributed by atoms with Crippen molar-refractivity contribution in [1.82, 2.24) is 9.88 Å². The van der Waals surface area contributed by atoms with Crippen LogP contribution < -0.4 is 5.73 Å². The van der Waals surface area contributed by atoms with Crippen molar-refractivity contribution >= 4 is 11.3 Å². The van der Waals surface area contributed by atoms with E-state index < -0.39 is 0 Å². The fourth-order valence-corrected chi connectivity index (χ4v) is 2.63. The molecule has 2 heterocycles. The van der Waals surface area contributed by atoms with E-state index in [1.807, 2.05) is 0 Å². The Morgan fingerprint density at radius 1 is 1.53 bits per heavy atom. The molecule has 1 saturated heterocycles. The van der Waals surface area contributed by atoms with E-state index in [1.165, 1.54) is 31.6 Å². The van der Waals surface area contributed by atoms with Crippen LogP contribution >= 0.6 is 11.3 Å². The van der Waals surface area contributed by atoms with Crippen molar-refractivity contribution in [2.45, 2.75) is 32.9 Å². The molecule has 2 rings (SSSR count). The second kappa shape index (κ2) is 5.05. The van der Waals surface area contributed by atoms with Crippen molar-refractivity contribution in [2.75, 3.05) is 13.1 Å². The van der Waals surface area contributed by atoms with E-state index >= 15 is 0 Å². The van der Waals surface area contributed by atoms with Crippen LogP contribution in [0.4, 0.5) is 0 Å². The largest absolute Gasteiger partial charge is 0.325 e. The Hall–Kier alpha value is -0.450. The van der Waals surface area contributed by atoms with Crippen LogP contribution in [0.15, 0.2) is 5.38 Å². The zero-order valence-corrected chi connectivity index (χ0v) is 10.1. The van der Waals surface area contributed by atoms with Crippen molar-refractivity contribution in [3.05, 3.63) is 16.1 Å². The van der Waals surface area contributed by atoms with E-state index in [0.29, 0.717) is 6.54 Å². The second-order valence-electron chi connectivity index (χ2n) is 4.40. The number of nitrogens with zero attached hydrogens (tertiary/aromatic N) is 2. The smallest absolute Gasteiger partial charge is 0.106 e. The SMILES string of the molecule is CC1CCN(Cc2csc(CN)n2)CC1. The summed E-state index contributed by atoms with van der Waals surface area (Å²) in [5.41, 5.74) is 6.74. The van der Waals surface area contributed by atoms with Gasteiger partial charge >= 0.3 is 0 Å². The molecule has 0 bridgehead atoms. The van der Waals surface area contributed by atoms with Gasteiger partial charge < -0.3 is 5.73 Å². The molecule has 1 aromatic rings. The first kappa shape index (κ1) is 11.0. The van der Waals surface area contributed by atoms with Gasteiger partial charge in [-0.1, -0.05) is 6.92 Å². The molecule has 15 heavy (non-hydrogen) atoms. The van der Waals surface area contributed by atoms with Crippen LogP contribution in [0, 0.1) is 5.92 Å². The average Bonchev–Trinajstić information content (AvgIpc) is 2.69. The molecule has 0 aliphatic carbocycles. The third kappa shape index (κ3) is 3.00. The number of thiazole rings is 1. The lowest BCUT2D eigenvalue weighted by Gasteiger charge is -2.29. The number of rotatable bonds is 3. The fraction of sp³-hybridized carbons (Fsp3) is 0.727. The molecule has 0 amide bonds. The van der Waals surface area contributed by atoms with Gasteiger partial charge in [-0.15, -0.1) is 11.3 Å². The van der Waals surface area contributed by atoms with Crippen LogP contribution in [0.1, 0.15) is 30.5 Å². The third-order valence-electron chi connectivity index (χ3n) is 3.04. The third-order valence-corrected chi connectivity index (χ3v) is 3.96. The van der Waals surface area contributed by atoms with Gasteiger partial charge in [-0.2, -0.15) is 0 Å². The Morgan fingerprint density at radius 3 is 2.87 bits per heavy atom. The van der Waals surface area contributed by atoms with Gasteiger partial charge in [-0.25, -0.2) is 4.98 Å². The molecule has 1 aliphatic rings. The monoisotopic (exact) mass is 225 g/mol. The predicted octanol–water partition coefficient (Wildman–Crippen LogP) is 1.83. The highest BCUT2D eigenvalue weighted by atomic mass is 32.1. The topological polar surface area (TPSA) is 42.1 Å². The minimum absolute atomic E-state index is 0.571. The van der Waals surface area contributed by atoms with E-state index in [2.05, 4.69) is 22.2 Å². The summed E-state index contributed by atoms with van der Waals surface area (Å²) in [5.74, 6) is 0.899. The number of aromatic nitrogens is 1. The molecule has 1 aliphatic heterocycles. The molecule has 0 spiro atoms. The highest BCUT2D eigenvalue weighted by Gasteiger charge is 2.16.